The Labute approximate surface area is 139 Å². The molecule has 0 aliphatic carbocycles. The molecule has 2 rings (SSSR count). The number of amides is 1. The van der Waals surface area contributed by atoms with Crippen molar-refractivity contribution in [2.75, 3.05) is 20.1 Å². The van der Waals surface area contributed by atoms with Gasteiger partial charge in [-0.1, -0.05) is 12.1 Å². The van der Waals surface area contributed by atoms with Crippen molar-refractivity contribution >= 4 is 18.3 Å². The summed E-state index contributed by atoms with van der Waals surface area (Å²) in [6.45, 7) is 1.40. The zero-order valence-electron chi connectivity index (χ0n) is 12.7. The lowest BCUT2D eigenvalue weighted by Gasteiger charge is -2.32. The Hall–Kier alpha value is -1.47. The molecule has 1 aliphatic rings. The molecule has 1 N–H and O–H groups in total. The molecule has 0 bridgehead atoms. The van der Waals surface area contributed by atoms with Gasteiger partial charge in [0.2, 0.25) is 5.91 Å². The van der Waals surface area contributed by atoms with E-state index in [1.54, 1.807) is 4.90 Å². The maximum Gasteiger partial charge on any atom is 0.573 e. The number of benzene rings is 1. The van der Waals surface area contributed by atoms with Crippen molar-refractivity contribution in [2.45, 2.75) is 31.7 Å². The normalized spacial score (nSPS) is 18.3. The lowest BCUT2D eigenvalue weighted by molar-refractivity contribution is -0.274. The number of nitrogens with zero attached hydrogens (tertiary/aromatic N) is 1. The summed E-state index contributed by atoms with van der Waals surface area (Å²) < 4.78 is 40.0. The molecule has 1 unspecified atom stereocenters. The summed E-state index contributed by atoms with van der Waals surface area (Å²) >= 11 is 0. The SMILES string of the molecule is CNC1CCCN(C(=O)Cc2ccc(OC(F)(F)F)cc2)C1.Cl. The third kappa shape index (κ3) is 6.27. The first-order valence-electron chi connectivity index (χ1n) is 7.17. The van der Waals surface area contributed by atoms with Crippen LogP contribution in [0.4, 0.5) is 13.2 Å². The molecule has 1 aromatic carbocycles. The van der Waals surface area contributed by atoms with Crippen molar-refractivity contribution < 1.29 is 22.7 Å². The van der Waals surface area contributed by atoms with Crippen molar-refractivity contribution in [3.8, 4) is 5.75 Å². The molecule has 130 valence electrons. The minimum Gasteiger partial charge on any atom is -0.406 e. The van der Waals surface area contributed by atoms with E-state index in [4.69, 9.17) is 0 Å². The van der Waals surface area contributed by atoms with Crippen molar-refractivity contribution in [3.05, 3.63) is 29.8 Å². The van der Waals surface area contributed by atoms with Crippen LogP contribution in [0.25, 0.3) is 0 Å². The topological polar surface area (TPSA) is 41.6 Å². The van der Waals surface area contributed by atoms with Gasteiger partial charge in [0.05, 0.1) is 6.42 Å². The first kappa shape index (κ1) is 19.6. The van der Waals surface area contributed by atoms with Crippen LogP contribution in [0, 0.1) is 0 Å². The van der Waals surface area contributed by atoms with Gasteiger partial charge in [0, 0.05) is 19.1 Å². The lowest BCUT2D eigenvalue weighted by Crippen LogP contribution is -2.47. The molecule has 23 heavy (non-hydrogen) atoms. The Morgan fingerprint density at radius 1 is 1.35 bits per heavy atom. The standard InChI is InChI=1S/C15H19F3N2O2.ClH/c1-19-12-3-2-8-20(10-12)14(21)9-11-4-6-13(7-5-11)22-15(16,17)18;/h4-7,12,19H,2-3,8-10H2,1H3;1H. The average molecular weight is 353 g/mol. The van der Waals surface area contributed by atoms with Crippen LogP contribution in [0.3, 0.4) is 0 Å². The van der Waals surface area contributed by atoms with Crippen LogP contribution in [0.15, 0.2) is 24.3 Å². The Morgan fingerprint density at radius 2 is 2.00 bits per heavy atom. The van der Waals surface area contributed by atoms with E-state index in [1.165, 1.54) is 24.3 Å². The number of likely N-dealkylation sites (tertiary alicyclic amines) is 1. The summed E-state index contributed by atoms with van der Waals surface area (Å²) in [5.41, 5.74) is 0.672. The number of likely N-dealkylation sites (N-methyl/N-ethyl adjacent to an activating group) is 1. The number of halogens is 4. The van der Waals surface area contributed by atoms with Crippen molar-refractivity contribution in [1.82, 2.24) is 10.2 Å². The number of hydrogen-bond acceptors (Lipinski definition) is 3. The molecule has 4 nitrogen and oxygen atoms in total. The van der Waals surface area contributed by atoms with Gasteiger partial charge in [-0.25, -0.2) is 0 Å². The summed E-state index contributed by atoms with van der Waals surface area (Å²) in [6.07, 6.45) is -2.52. The smallest absolute Gasteiger partial charge is 0.406 e. The zero-order valence-corrected chi connectivity index (χ0v) is 13.5. The van der Waals surface area contributed by atoms with Gasteiger partial charge in [-0.05, 0) is 37.6 Å². The molecule has 1 atom stereocenters. The highest BCUT2D eigenvalue weighted by atomic mass is 35.5. The fourth-order valence-electron chi connectivity index (χ4n) is 2.53. The fraction of sp³-hybridized carbons (Fsp3) is 0.533. The Balaban J connectivity index is 0.00000264. The molecule has 0 radical (unpaired) electrons. The molecular formula is C15H20ClF3N2O2. The highest BCUT2D eigenvalue weighted by Crippen LogP contribution is 2.23. The number of carbonyl (C=O) groups is 1. The minimum atomic E-state index is -4.70. The van der Waals surface area contributed by atoms with E-state index >= 15 is 0 Å². The van der Waals surface area contributed by atoms with Crippen LogP contribution in [0.2, 0.25) is 0 Å². The molecule has 1 amide bonds. The van der Waals surface area contributed by atoms with Crippen LogP contribution >= 0.6 is 12.4 Å². The van der Waals surface area contributed by atoms with E-state index in [0.29, 0.717) is 18.2 Å². The number of hydrogen-bond donors (Lipinski definition) is 1. The van der Waals surface area contributed by atoms with Gasteiger partial charge in [0.25, 0.3) is 0 Å². The minimum absolute atomic E-state index is 0. The van der Waals surface area contributed by atoms with E-state index in [0.717, 1.165) is 19.4 Å². The second-order valence-corrected chi connectivity index (χ2v) is 5.34. The molecule has 1 saturated heterocycles. The van der Waals surface area contributed by atoms with Gasteiger partial charge in [-0.15, -0.1) is 25.6 Å². The average Bonchev–Trinajstić information content (AvgIpc) is 2.48. The second-order valence-electron chi connectivity index (χ2n) is 5.34. The highest BCUT2D eigenvalue weighted by Gasteiger charge is 2.31. The third-order valence-corrected chi connectivity index (χ3v) is 3.69. The number of nitrogens with one attached hydrogen (secondary N) is 1. The summed E-state index contributed by atoms with van der Waals surface area (Å²) in [7, 11) is 1.87. The third-order valence-electron chi connectivity index (χ3n) is 3.69. The Morgan fingerprint density at radius 3 is 2.57 bits per heavy atom. The summed E-state index contributed by atoms with van der Waals surface area (Å²) in [4.78, 5) is 14.0. The van der Waals surface area contributed by atoms with Gasteiger partial charge in [0.1, 0.15) is 5.75 Å². The molecule has 0 aromatic heterocycles. The molecule has 1 fully saturated rings. The summed E-state index contributed by atoms with van der Waals surface area (Å²) in [5.74, 6) is -0.290. The first-order chi connectivity index (χ1) is 10.4. The van der Waals surface area contributed by atoms with Gasteiger partial charge in [-0.2, -0.15) is 0 Å². The Bertz CT molecular complexity index is 508. The highest BCUT2D eigenvalue weighted by molar-refractivity contribution is 5.85. The molecule has 0 spiro atoms. The Kier molecular flexibility index (Phi) is 7.15. The molecular weight excluding hydrogens is 333 g/mol. The summed E-state index contributed by atoms with van der Waals surface area (Å²) in [5, 5.41) is 3.16. The summed E-state index contributed by atoms with van der Waals surface area (Å²) in [6, 6.07) is 5.72. The van der Waals surface area contributed by atoms with Gasteiger partial charge < -0.3 is 15.0 Å². The fourth-order valence-corrected chi connectivity index (χ4v) is 2.53. The van der Waals surface area contributed by atoms with E-state index in [1.807, 2.05) is 7.05 Å². The van der Waals surface area contributed by atoms with Crippen molar-refractivity contribution in [1.29, 1.82) is 0 Å². The van der Waals surface area contributed by atoms with Crippen LogP contribution < -0.4 is 10.1 Å². The number of piperidine rings is 1. The van der Waals surface area contributed by atoms with Crippen LogP contribution in [0.5, 0.6) is 5.75 Å². The van der Waals surface area contributed by atoms with Crippen molar-refractivity contribution in [2.24, 2.45) is 0 Å². The number of rotatable bonds is 4. The monoisotopic (exact) mass is 352 g/mol. The second kappa shape index (κ2) is 8.40. The van der Waals surface area contributed by atoms with Crippen molar-refractivity contribution in [3.63, 3.8) is 0 Å². The predicted molar refractivity (Wildman–Crippen MR) is 82.7 cm³/mol. The van der Waals surface area contributed by atoms with Crippen LogP contribution in [0.1, 0.15) is 18.4 Å². The van der Waals surface area contributed by atoms with Crippen LogP contribution in [-0.2, 0) is 11.2 Å². The van der Waals surface area contributed by atoms with Gasteiger partial charge >= 0.3 is 6.36 Å². The number of carbonyl (C=O) groups excluding carboxylic acids is 1. The molecule has 1 aromatic rings. The van der Waals surface area contributed by atoms with Crippen LogP contribution in [-0.4, -0.2) is 43.3 Å². The quantitative estimate of drug-likeness (QED) is 0.906. The van der Waals surface area contributed by atoms with E-state index < -0.39 is 6.36 Å². The zero-order chi connectivity index (χ0) is 16.2. The number of alkyl halides is 3. The number of ether oxygens (including phenoxy) is 1. The lowest BCUT2D eigenvalue weighted by atomic mass is 10.0. The molecule has 8 heteroatoms. The van der Waals surface area contributed by atoms with E-state index in [-0.39, 0.29) is 30.5 Å². The predicted octanol–water partition coefficient (Wildman–Crippen LogP) is 2.76. The maximum absolute atomic E-state index is 12.2. The van der Waals surface area contributed by atoms with E-state index in [2.05, 4.69) is 10.1 Å². The molecule has 1 heterocycles. The first-order valence-corrected chi connectivity index (χ1v) is 7.17. The molecule has 1 aliphatic heterocycles. The van der Waals surface area contributed by atoms with Gasteiger partial charge in [0.15, 0.2) is 0 Å². The van der Waals surface area contributed by atoms with Gasteiger partial charge in [-0.3, -0.25) is 4.79 Å². The van der Waals surface area contributed by atoms with E-state index in [9.17, 15) is 18.0 Å². The largest absolute Gasteiger partial charge is 0.573 e. The maximum atomic E-state index is 12.2. The molecule has 0 saturated carbocycles.